The summed E-state index contributed by atoms with van der Waals surface area (Å²) >= 11 is 5.73. The van der Waals surface area contributed by atoms with Gasteiger partial charge in [0, 0.05) is 19.2 Å². The predicted octanol–water partition coefficient (Wildman–Crippen LogP) is -0.368. The molecule has 1 fully saturated rings. The number of rotatable bonds is 5. The average Bonchev–Trinajstić information content (AvgIpc) is 2.73. The lowest BCUT2D eigenvalue weighted by Crippen LogP contribution is -2.44. The molecule has 0 amide bonds. The zero-order chi connectivity index (χ0) is 15.6. The highest BCUT2D eigenvalue weighted by molar-refractivity contribution is 6.18. The van der Waals surface area contributed by atoms with Crippen LogP contribution in [0.1, 0.15) is 12.6 Å². The summed E-state index contributed by atoms with van der Waals surface area (Å²) < 4.78 is 20.5. The van der Waals surface area contributed by atoms with Crippen LogP contribution in [-0.4, -0.2) is 55.3 Å². The first-order valence-corrected chi connectivity index (χ1v) is 6.68. The van der Waals surface area contributed by atoms with Crippen molar-refractivity contribution in [2.45, 2.75) is 30.5 Å². The molecule has 2 rings (SSSR count). The number of anilines is 1. The summed E-state index contributed by atoms with van der Waals surface area (Å²) in [4.78, 5) is 15.2. The lowest BCUT2D eigenvalue weighted by atomic mass is 9.94. The topological polar surface area (TPSA) is 117 Å². The molecule has 4 unspecified atom stereocenters. The van der Waals surface area contributed by atoms with Crippen molar-refractivity contribution in [2.75, 3.05) is 18.0 Å². The minimum absolute atomic E-state index is 0.0763. The van der Waals surface area contributed by atoms with Crippen LogP contribution < -0.4 is 11.2 Å². The molecular formula is C11H15ClFN3O5. The predicted molar refractivity (Wildman–Crippen MR) is 70.1 cm³/mol. The van der Waals surface area contributed by atoms with Gasteiger partial charge in [-0.2, -0.15) is 4.98 Å². The molecule has 0 saturated carbocycles. The number of aliphatic hydroxyl groups excluding tert-OH is 2. The van der Waals surface area contributed by atoms with E-state index in [0.717, 1.165) is 4.57 Å². The third kappa shape index (κ3) is 2.74. The van der Waals surface area contributed by atoms with Crippen molar-refractivity contribution >= 4 is 17.4 Å². The highest BCUT2D eigenvalue weighted by atomic mass is 35.5. The zero-order valence-corrected chi connectivity index (χ0v) is 11.6. The van der Waals surface area contributed by atoms with Crippen LogP contribution in [0.3, 0.4) is 0 Å². The molecule has 0 bridgehead atoms. The fourth-order valence-corrected chi connectivity index (χ4v) is 2.63. The summed E-state index contributed by atoms with van der Waals surface area (Å²) in [5.41, 5.74) is -0.660. The summed E-state index contributed by atoms with van der Waals surface area (Å²) in [6.45, 7) is -0.357. The van der Waals surface area contributed by atoms with Gasteiger partial charge in [-0.3, -0.25) is 15.3 Å². The van der Waals surface area contributed by atoms with Crippen LogP contribution in [0.25, 0.3) is 0 Å². The Labute approximate surface area is 123 Å². The van der Waals surface area contributed by atoms with E-state index >= 15 is 0 Å². The summed E-state index contributed by atoms with van der Waals surface area (Å²) in [5.74, 6) is -0.353. The van der Waals surface area contributed by atoms with Crippen LogP contribution in [0.5, 0.6) is 0 Å². The molecule has 1 aliphatic rings. The number of aromatic nitrogens is 2. The van der Waals surface area contributed by atoms with Crippen molar-refractivity contribution in [3.8, 4) is 0 Å². The first-order chi connectivity index (χ1) is 9.99. The van der Waals surface area contributed by atoms with Crippen molar-refractivity contribution in [3.63, 3.8) is 0 Å². The van der Waals surface area contributed by atoms with Crippen LogP contribution in [-0.2, 0) is 4.74 Å². The van der Waals surface area contributed by atoms with E-state index in [-0.39, 0.29) is 24.7 Å². The first kappa shape index (κ1) is 16.1. The van der Waals surface area contributed by atoms with Crippen LogP contribution in [0, 0.1) is 0 Å². The largest absolute Gasteiger partial charge is 0.396 e. The van der Waals surface area contributed by atoms with E-state index < -0.39 is 29.8 Å². The van der Waals surface area contributed by atoms with Crippen molar-refractivity contribution in [2.24, 2.45) is 0 Å². The lowest BCUT2D eigenvalue weighted by Gasteiger charge is -2.28. The minimum Gasteiger partial charge on any atom is -0.396 e. The summed E-state index contributed by atoms with van der Waals surface area (Å²) in [5, 5.41) is 27.6. The summed E-state index contributed by atoms with van der Waals surface area (Å²) in [7, 11) is 0. The highest BCUT2D eigenvalue weighted by Gasteiger charge is 2.55. The van der Waals surface area contributed by atoms with E-state index in [1.165, 1.54) is 12.3 Å². The quantitative estimate of drug-likeness (QED) is 0.431. The molecule has 4 N–H and O–H groups in total. The Morgan fingerprint density at radius 3 is 2.86 bits per heavy atom. The van der Waals surface area contributed by atoms with E-state index in [1.807, 2.05) is 0 Å². The molecule has 10 heteroatoms. The van der Waals surface area contributed by atoms with Crippen molar-refractivity contribution in [1.29, 1.82) is 0 Å². The second-order valence-electron chi connectivity index (χ2n) is 4.68. The van der Waals surface area contributed by atoms with E-state index in [1.54, 1.807) is 5.48 Å². The maximum absolute atomic E-state index is 14.3. The zero-order valence-electron chi connectivity index (χ0n) is 10.8. The standard InChI is InChI=1S/C11H15ClFN3O5/c12-5-11(2-4-17)8(18)7(13)9(21-11)16-3-1-6(15-20)14-10(16)19/h1,3,7-9,17-18,20H,2,4-5H2,(H,14,15,19). The van der Waals surface area contributed by atoms with E-state index in [2.05, 4.69) is 4.98 Å². The monoisotopic (exact) mass is 323 g/mol. The number of hydrogen-bond acceptors (Lipinski definition) is 7. The molecule has 0 aromatic carbocycles. The van der Waals surface area contributed by atoms with E-state index in [4.69, 9.17) is 26.7 Å². The number of alkyl halides is 2. The second kappa shape index (κ2) is 6.24. The molecule has 1 aromatic rings. The Morgan fingerprint density at radius 1 is 1.62 bits per heavy atom. The number of nitrogens with zero attached hydrogens (tertiary/aromatic N) is 2. The van der Waals surface area contributed by atoms with E-state index in [0.29, 0.717) is 0 Å². The van der Waals surface area contributed by atoms with Gasteiger partial charge in [-0.05, 0) is 6.07 Å². The van der Waals surface area contributed by atoms with Gasteiger partial charge in [-0.1, -0.05) is 0 Å². The fraction of sp³-hybridized carbons (Fsp3) is 0.636. The second-order valence-corrected chi connectivity index (χ2v) is 4.95. The Morgan fingerprint density at radius 2 is 2.33 bits per heavy atom. The SMILES string of the molecule is O=c1nc(NO)ccn1C1OC(CCl)(CCO)C(O)C1F. The molecule has 1 aliphatic heterocycles. The van der Waals surface area contributed by atoms with Gasteiger partial charge in [0.15, 0.2) is 18.2 Å². The van der Waals surface area contributed by atoms with Gasteiger partial charge in [0.1, 0.15) is 11.7 Å². The Kier molecular flexibility index (Phi) is 4.79. The molecule has 1 saturated heterocycles. The third-order valence-electron chi connectivity index (χ3n) is 3.45. The minimum atomic E-state index is -1.91. The number of ether oxygens (including phenoxy) is 1. The normalized spacial score (nSPS) is 32.3. The number of halogens is 2. The maximum atomic E-state index is 14.3. The summed E-state index contributed by atoms with van der Waals surface area (Å²) in [6.07, 6.45) is -3.83. The Bertz CT molecular complexity index is 559. The highest BCUT2D eigenvalue weighted by Crippen LogP contribution is 2.41. The molecule has 0 spiro atoms. The van der Waals surface area contributed by atoms with Gasteiger partial charge in [0.05, 0.1) is 5.88 Å². The Balaban J connectivity index is 2.35. The maximum Gasteiger partial charge on any atom is 0.351 e. The van der Waals surface area contributed by atoms with Crippen molar-refractivity contribution in [3.05, 3.63) is 22.7 Å². The van der Waals surface area contributed by atoms with Crippen molar-refractivity contribution in [1.82, 2.24) is 9.55 Å². The first-order valence-electron chi connectivity index (χ1n) is 6.15. The summed E-state index contributed by atoms with van der Waals surface area (Å²) in [6, 6.07) is 1.23. The van der Waals surface area contributed by atoms with Crippen LogP contribution in [0.4, 0.5) is 10.2 Å². The number of nitrogens with one attached hydrogen (secondary N) is 1. The van der Waals surface area contributed by atoms with Gasteiger partial charge >= 0.3 is 5.69 Å². The van der Waals surface area contributed by atoms with Crippen LogP contribution >= 0.6 is 11.6 Å². The van der Waals surface area contributed by atoms with Crippen LogP contribution in [0.2, 0.25) is 0 Å². The molecule has 4 atom stereocenters. The smallest absolute Gasteiger partial charge is 0.351 e. The molecule has 0 radical (unpaired) electrons. The van der Waals surface area contributed by atoms with Crippen molar-refractivity contribution < 1.29 is 24.5 Å². The number of aliphatic hydroxyl groups is 2. The van der Waals surface area contributed by atoms with E-state index in [9.17, 15) is 14.3 Å². The molecule has 2 heterocycles. The molecular weight excluding hydrogens is 309 g/mol. The molecule has 118 valence electrons. The Hall–Kier alpha value is -1.26. The van der Waals surface area contributed by atoms with Gasteiger partial charge in [-0.15, -0.1) is 11.6 Å². The van der Waals surface area contributed by atoms with Gasteiger partial charge in [0.25, 0.3) is 0 Å². The molecule has 8 nitrogen and oxygen atoms in total. The van der Waals surface area contributed by atoms with Crippen LogP contribution in [0.15, 0.2) is 17.1 Å². The molecule has 0 aliphatic carbocycles. The van der Waals surface area contributed by atoms with Gasteiger partial charge < -0.3 is 14.9 Å². The molecule has 1 aromatic heterocycles. The van der Waals surface area contributed by atoms with Gasteiger partial charge in [0.2, 0.25) is 0 Å². The lowest BCUT2D eigenvalue weighted by molar-refractivity contribution is -0.100. The third-order valence-corrected chi connectivity index (χ3v) is 3.90. The average molecular weight is 324 g/mol. The van der Waals surface area contributed by atoms with Gasteiger partial charge in [-0.25, -0.2) is 9.18 Å². The fourth-order valence-electron chi connectivity index (χ4n) is 2.27. The molecule has 21 heavy (non-hydrogen) atoms. The number of hydrogen-bond donors (Lipinski definition) is 4.